The molecule has 0 bridgehead atoms. The molecule has 6 heteroatoms. The lowest BCUT2D eigenvalue weighted by molar-refractivity contribution is -0.122. The van der Waals surface area contributed by atoms with E-state index in [9.17, 15) is 4.79 Å². The number of fused-ring (bicyclic) bond motifs is 5. The summed E-state index contributed by atoms with van der Waals surface area (Å²) >= 11 is 0. The molecular formula is C26H26N2O4. The lowest BCUT2D eigenvalue weighted by atomic mass is 9.74. The second-order valence-corrected chi connectivity index (χ2v) is 8.82. The molecule has 3 aliphatic rings. The lowest BCUT2D eigenvalue weighted by Gasteiger charge is -2.24. The largest absolute Gasteiger partial charge is 0.491 e. The highest BCUT2D eigenvalue weighted by Crippen LogP contribution is 2.57. The van der Waals surface area contributed by atoms with E-state index in [0.29, 0.717) is 23.8 Å². The van der Waals surface area contributed by atoms with Gasteiger partial charge in [0.25, 0.3) is 0 Å². The molecule has 6 nitrogen and oxygen atoms in total. The summed E-state index contributed by atoms with van der Waals surface area (Å²) in [6.45, 7) is 3.36. The van der Waals surface area contributed by atoms with E-state index in [1.54, 1.807) is 0 Å². The number of anilines is 1. The second kappa shape index (κ2) is 7.05. The number of amides is 1. The van der Waals surface area contributed by atoms with Crippen molar-refractivity contribution in [2.24, 2.45) is 7.05 Å². The van der Waals surface area contributed by atoms with Crippen molar-refractivity contribution in [3.63, 3.8) is 0 Å². The average Bonchev–Trinajstić information content (AvgIpc) is 3.56. The fraction of sp³-hybridized carbons (Fsp3) is 0.346. The Morgan fingerprint density at radius 2 is 1.88 bits per heavy atom. The van der Waals surface area contributed by atoms with Crippen molar-refractivity contribution in [1.82, 2.24) is 4.57 Å². The number of aryl methyl sites for hydroxylation is 1. The Balaban J connectivity index is 1.58. The summed E-state index contributed by atoms with van der Waals surface area (Å²) in [6.07, 6.45) is 7.32. The Morgan fingerprint density at radius 3 is 2.66 bits per heavy atom. The number of nitrogens with zero attached hydrogens (tertiary/aromatic N) is 2. The first-order valence-corrected chi connectivity index (χ1v) is 11.3. The molecule has 0 aliphatic carbocycles. The van der Waals surface area contributed by atoms with Crippen molar-refractivity contribution >= 4 is 11.6 Å². The SMILES string of the molecule is CCCCCN1C(=O)C2(COc3cc4c(cc32)OCO4)c2c(-c3ccn(C)c3)cccc21. The van der Waals surface area contributed by atoms with Crippen molar-refractivity contribution < 1.29 is 19.0 Å². The van der Waals surface area contributed by atoms with E-state index in [2.05, 4.69) is 37.4 Å². The van der Waals surface area contributed by atoms with Crippen LogP contribution in [0, 0.1) is 0 Å². The van der Waals surface area contributed by atoms with Gasteiger partial charge >= 0.3 is 0 Å². The van der Waals surface area contributed by atoms with Gasteiger partial charge in [0.05, 0.1) is 0 Å². The van der Waals surface area contributed by atoms with Crippen molar-refractivity contribution in [3.8, 4) is 28.4 Å². The van der Waals surface area contributed by atoms with Gasteiger partial charge in [-0.3, -0.25) is 4.79 Å². The second-order valence-electron chi connectivity index (χ2n) is 8.82. The molecular weight excluding hydrogens is 404 g/mol. The molecule has 1 spiro atoms. The molecule has 1 amide bonds. The van der Waals surface area contributed by atoms with Crippen molar-refractivity contribution in [2.75, 3.05) is 24.8 Å². The van der Waals surface area contributed by atoms with Crippen LogP contribution in [0.4, 0.5) is 5.69 Å². The number of aromatic nitrogens is 1. The molecule has 2 aromatic carbocycles. The molecule has 1 unspecified atom stereocenters. The predicted molar refractivity (Wildman–Crippen MR) is 122 cm³/mol. The number of carbonyl (C=O) groups is 1. The quantitative estimate of drug-likeness (QED) is 0.554. The molecule has 0 saturated carbocycles. The van der Waals surface area contributed by atoms with Crippen LogP contribution in [-0.2, 0) is 17.3 Å². The molecule has 1 aromatic heterocycles. The molecule has 6 rings (SSSR count). The van der Waals surface area contributed by atoms with E-state index >= 15 is 0 Å². The molecule has 0 radical (unpaired) electrons. The molecule has 32 heavy (non-hydrogen) atoms. The van der Waals surface area contributed by atoms with Gasteiger partial charge in [-0.05, 0) is 35.7 Å². The normalized spacial score (nSPS) is 20.1. The van der Waals surface area contributed by atoms with Crippen LogP contribution in [0.3, 0.4) is 0 Å². The van der Waals surface area contributed by atoms with E-state index in [0.717, 1.165) is 47.2 Å². The number of hydrogen-bond acceptors (Lipinski definition) is 4. The zero-order valence-electron chi connectivity index (χ0n) is 18.4. The standard InChI is InChI=1S/C26H26N2O4/c1-3-4-5-10-28-20-8-6-7-18(17-9-11-27(2)14-17)24(20)26(25(28)29)15-30-21-13-23-22(12-19(21)26)31-16-32-23/h6-9,11-14H,3-5,10,15-16H2,1-2H3. The van der Waals surface area contributed by atoms with Gasteiger partial charge in [0.2, 0.25) is 12.7 Å². The average molecular weight is 431 g/mol. The van der Waals surface area contributed by atoms with Gasteiger partial charge < -0.3 is 23.7 Å². The maximum Gasteiger partial charge on any atom is 0.245 e. The van der Waals surface area contributed by atoms with Crippen LogP contribution in [0.5, 0.6) is 17.2 Å². The van der Waals surface area contributed by atoms with Crippen LogP contribution in [-0.4, -0.2) is 30.4 Å². The number of hydrogen-bond donors (Lipinski definition) is 0. The van der Waals surface area contributed by atoms with Crippen molar-refractivity contribution in [2.45, 2.75) is 31.6 Å². The monoisotopic (exact) mass is 430 g/mol. The van der Waals surface area contributed by atoms with E-state index in [4.69, 9.17) is 14.2 Å². The summed E-state index contributed by atoms with van der Waals surface area (Å²) < 4.78 is 19.4. The summed E-state index contributed by atoms with van der Waals surface area (Å²) in [5.41, 5.74) is 4.18. The maximum absolute atomic E-state index is 14.2. The minimum absolute atomic E-state index is 0.0876. The first kappa shape index (κ1) is 19.3. The zero-order chi connectivity index (χ0) is 21.9. The smallest absolute Gasteiger partial charge is 0.245 e. The molecule has 0 fully saturated rings. The van der Waals surface area contributed by atoms with E-state index in [-0.39, 0.29) is 19.3 Å². The van der Waals surface area contributed by atoms with Crippen molar-refractivity contribution in [1.29, 1.82) is 0 Å². The third-order valence-electron chi connectivity index (χ3n) is 6.88. The van der Waals surface area contributed by atoms with Crippen LogP contribution in [0.2, 0.25) is 0 Å². The molecule has 164 valence electrons. The van der Waals surface area contributed by atoms with Gasteiger partial charge in [-0.2, -0.15) is 0 Å². The van der Waals surface area contributed by atoms with E-state index < -0.39 is 5.41 Å². The van der Waals surface area contributed by atoms with Crippen LogP contribution in [0.15, 0.2) is 48.8 Å². The number of ether oxygens (including phenoxy) is 3. The number of rotatable bonds is 5. The van der Waals surface area contributed by atoms with Crippen LogP contribution in [0.1, 0.15) is 37.3 Å². The lowest BCUT2D eigenvalue weighted by Crippen LogP contribution is -2.43. The third-order valence-corrected chi connectivity index (χ3v) is 6.88. The van der Waals surface area contributed by atoms with Gasteiger partial charge in [0.15, 0.2) is 11.5 Å². The zero-order valence-corrected chi connectivity index (χ0v) is 18.4. The molecule has 0 N–H and O–H groups in total. The van der Waals surface area contributed by atoms with Crippen LogP contribution >= 0.6 is 0 Å². The van der Waals surface area contributed by atoms with Gasteiger partial charge in [0, 0.05) is 48.9 Å². The van der Waals surface area contributed by atoms with Crippen LogP contribution in [0.25, 0.3) is 11.1 Å². The Bertz CT molecular complexity index is 1230. The summed E-state index contributed by atoms with van der Waals surface area (Å²) in [6, 6.07) is 12.2. The van der Waals surface area contributed by atoms with Crippen LogP contribution < -0.4 is 19.1 Å². The highest BCUT2D eigenvalue weighted by Gasteiger charge is 2.58. The van der Waals surface area contributed by atoms with Gasteiger partial charge in [-0.15, -0.1) is 0 Å². The number of benzene rings is 2. The molecule has 4 heterocycles. The Labute approximate surface area is 187 Å². The van der Waals surface area contributed by atoms with E-state index in [1.807, 2.05) is 34.8 Å². The maximum atomic E-state index is 14.2. The summed E-state index contributed by atoms with van der Waals surface area (Å²) in [4.78, 5) is 16.2. The first-order chi connectivity index (χ1) is 15.6. The molecule has 3 aromatic rings. The number of unbranched alkanes of at least 4 members (excludes halogenated alkanes) is 2. The molecule has 0 saturated heterocycles. The number of carbonyl (C=O) groups excluding carboxylic acids is 1. The van der Waals surface area contributed by atoms with Gasteiger partial charge in [0.1, 0.15) is 17.8 Å². The van der Waals surface area contributed by atoms with Gasteiger partial charge in [-0.1, -0.05) is 31.9 Å². The Kier molecular flexibility index (Phi) is 4.25. The predicted octanol–water partition coefficient (Wildman–Crippen LogP) is 4.64. The summed E-state index contributed by atoms with van der Waals surface area (Å²) in [7, 11) is 2.01. The fourth-order valence-corrected chi connectivity index (χ4v) is 5.33. The highest BCUT2D eigenvalue weighted by molar-refractivity contribution is 6.13. The van der Waals surface area contributed by atoms with Crippen molar-refractivity contribution in [3.05, 3.63) is 59.9 Å². The fourth-order valence-electron chi connectivity index (χ4n) is 5.33. The minimum Gasteiger partial charge on any atom is -0.491 e. The Hall–Kier alpha value is -3.41. The summed E-state index contributed by atoms with van der Waals surface area (Å²) in [5.74, 6) is 2.13. The van der Waals surface area contributed by atoms with E-state index in [1.165, 1.54) is 0 Å². The molecule has 3 aliphatic heterocycles. The molecule has 1 atom stereocenters. The first-order valence-electron chi connectivity index (χ1n) is 11.3. The summed E-state index contributed by atoms with van der Waals surface area (Å²) in [5, 5.41) is 0. The van der Waals surface area contributed by atoms with Gasteiger partial charge in [-0.25, -0.2) is 0 Å². The Morgan fingerprint density at radius 1 is 1.03 bits per heavy atom. The topological polar surface area (TPSA) is 52.9 Å². The minimum atomic E-state index is -0.885. The third kappa shape index (κ3) is 2.55. The highest BCUT2D eigenvalue weighted by atomic mass is 16.7.